The van der Waals surface area contributed by atoms with Crippen molar-refractivity contribution in [2.75, 3.05) is 5.75 Å². The number of rotatable bonds is 2. The summed E-state index contributed by atoms with van der Waals surface area (Å²) in [7, 11) is 0. The molecule has 1 aliphatic heterocycles. The van der Waals surface area contributed by atoms with Gasteiger partial charge < -0.3 is 5.32 Å². The molecule has 0 aromatic carbocycles. The second-order valence-electron chi connectivity index (χ2n) is 4.07. The van der Waals surface area contributed by atoms with Gasteiger partial charge in [-0.2, -0.15) is 0 Å². The molecular weight excluding hydrogens is 218 g/mol. The highest BCUT2D eigenvalue weighted by atomic mass is 32.2. The summed E-state index contributed by atoms with van der Waals surface area (Å²) in [5.74, 6) is 1.16. The van der Waals surface area contributed by atoms with Crippen LogP contribution < -0.4 is 5.32 Å². The molecule has 0 fully saturated rings. The third-order valence-corrected chi connectivity index (χ3v) is 3.59. The average Bonchev–Trinajstić information content (AvgIpc) is 2.30. The maximum absolute atomic E-state index is 4.60. The maximum atomic E-state index is 4.60. The fourth-order valence-corrected chi connectivity index (χ4v) is 2.79. The first-order valence-electron chi connectivity index (χ1n) is 5.63. The molecule has 1 aromatic heterocycles. The Balaban J connectivity index is 2.00. The highest BCUT2D eigenvalue weighted by molar-refractivity contribution is 8.13. The van der Waals surface area contributed by atoms with Crippen molar-refractivity contribution in [2.45, 2.75) is 32.4 Å². The molecular formula is C12H17N3S. The molecule has 86 valence electrons. The molecule has 2 heterocycles. The first-order chi connectivity index (χ1) is 7.75. The molecule has 1 aliphatic rings. The molecule has 1 aromatic rings. The minimum absolute atomic E-state index is 0.291. The Morgan fingerprint density at radius 1 is 1.44 bits per heavy atom. The molecule has 1 N–H and O–H groups in total. The average molecular weight is 235 g/mol. The van der Waals surface area contributed by atoms with Crippen molar-refractivity contribution < 1.29 is 0 Å². The maximum Gasteiger partial charge on any atom is 0.157 e. The smallest absolute Gasteiger partial charge is 0.157 e. The molecule has 0 spiro atoms. The normalized spacial score (nSPS) is 22.4. The van der Waals surface area contributed by atoms with E-state index in [9.17, 15) is 0 Å². The number of amidine groups is 1. The van der Waals surface area contributed by atoms with Crippen LogP contribution >= 0.6 is 11.8 Å². The van der Waals surface area contributed by atoms with Crippen LogP contribution in [0.2, 0.25) is 0 Å². The number of hydrogen-bond acceptors (Lipinski definition) is 4. The Bertz CT molecular complexity index is 364. The molecule has 4 heteroatoms. The molecule has 2 atom stereocenters. The SMILES string of the molecule is CC1CCSC(NC(C)c2ccncc2)=N1. The number of hydrogen-bond donors (Lipinski definition) is 1. The summed E-state index contributed by atoms with van der Waals surface area (Å²) < 4.78 is 0. The van der Waals surface area contributed by atoms with Gasteiger partial charge in [-0.05, 0) is 38.0 Å². The largest absolute Gasteiger partial charge is 0.358 e. The lowest BCUT2D eigenvalue weighted by atomic mass is 10.1. The number of pyridine rings is 1. The van der Waals surface area contributed by atoms with Crippen molar-refractivity contribution in [3.63, 3.8) is 0 Å². The Labute approximate surface area is 101 Å². The van der Waals surface area contributed by atoms with E-state index in [4.69, 9.17) is 0 Å². The van der Waals surface area contributed by atoms with E-state index in [0.29, 0.717) is 12.1 Å². The first kappa shape index (κ1) is 11.5. The number of nitrogens with zero attached hydrogens (tertiary/aromatic N) is 2. The van der Waals surface area contributed by atoms with Crippen LogP contribution in [0.3, 0.4) is 0 Å². The molecule has 0 radical (unpaired) electrons. The first-order valence-corrected chi connectivity index (χ1v) is 6.61. The third-order valence-electron chi connectivity index (χ3n) is 2.66. The molecule has 0 bridgehead atoms. The van der Waals surface area contributed by atoms with E-state index in [1.807, 2.05) is 36.3 Å². The predicted octanol–water partition coefficient (Wildman–Crippen LogP) is 2.61. The Morgan fingerprint density at radius 2 is 2.19 bits per heavy atom. The van der Waals surface area contributed by atoms with Gasteiger partial charge in [0.15, 0.2) is 5.17 Å². The number of thioether (sulfide) groups is 1. The summed E-state index contributed by atoms with van der Waals surface area (Å²) >= 11 is 1.81. The van der Waals surface area contributed by atoms with E-state index in [0.717, 1.165) is 10.9 Å². The predicted molar refractivity (Wildman–Crippen MR) is 69.8 cm³/mol. The van der Waals surface area contributed by atoms with E-state index >= 15 is 0 Å². The van der Waals surface area contributed by atoms with Crippen LogP contribution in [-0.4, -0.2) is 21.9 Å². The van der Waals surface area contributed by atoms with Gasteiger partial charge in [-0.3, -0.25) is 9.98 Å². The minimum Gasteiger partial charge on any atom is -0.358 e. The number of nitrogens with one attached hydrogen (secondary N) is 1. The summed E-state index contributed by atoms with van der Waals surface area (Å²) in [6, 6.07) is 4.82. The summed E-state index contributed by atoms with van der Waals surface area (Å²) in [5, 5.41) is 4.52. The highest BCUT2D eigenvalue weighted by Gasteiger charge is 2.14. The molecule has 0 saturated heterocycles. The lowest BCUT2D eigenvalue weighted by Crippen LogP contribution is -2.28. The molecule has 0 amide bonds. The number of aliphatic imine (C=N–C) groups is 1. The molecule has 3 nitrogen and oxygen atoms in total. The summed E-state index contributed by atoms with van der Waals surface area (Å²) in [5.41, 5.74) is 1.25. The van der Waals surface area contributed by atoms with E-state index in [1.165, 1.54) is 12.0 Å². The zero-order valence-electron chi connectivity index (χ0n) is 9.68. The molecule has 0 aliphatic carbocycles. The second-order valence-corrected chi connectivity index (χ2v) is 5.15. The van der Waals surface area contributed by atoms with Gasteiger partial charge in [-0.25, -0.2) is 0 Å². The summed E-state index contributed by atoms with van der Waals surface area (Å²) in [6.45, 7) is 4.32. The quantitative estimate of drug-likeness (QED) is 0.856. The van der Waals surface area contributed by atoms with E-state index in [1.54, 1.807) is 0 Å². The van der Waals surface area contributed by atoms with Crippen LogP contribution in [0.15, 0.2) is 29.5 Å². The van der Waals surface area contributed by atoms with Gasteiger partial charge in [0, 0.05) is 18.1 Å². The van der Waals surface area contributed by atoms with Gasteiger partial charge in [-0.1, -0.05) is 11.8 Å². The third kappa shape index (κ3) is 2.98. The zero-order valence-corrected chi connectivity index (χ0v) is 10.5. The van der Waals surface area contributed by atoms with Gasteiger partial charge in [0.25, 0.3) is 0 Å². The van der Waals surface area contributed by atoms with Gasteiger partial charge in [0.05, 0.1) is 12.1 Å². The van der Waals surface area contributed by atoms with E-state index in [-0.39, 0.29) is 0 Å². The molecule has 0 saturated carbocycles. The van der Waals surface area contributed by atoms with Crippen LogP contribution in [0.4, 0.5) is 0 Å². The fraction of sp³-hybridized carbons (Fsp3) is 0.500. The number of aromatic nitrogens is 1. The molecule has 2 rings (SSSR count). The van der Waals surface area contributed by atoms with Gasteiger partial charge in [0.1, 0.15) is 0 Å². The van der Waals surface area contributed by atoms with E-state index < -0.39 is 0 Å². The van der Waals surface area contributed by atoms with Crippen molar-refractivity contribution in [3.05, 3.63) is 30.1 Å². The van der Waals surface area contributed by atoms with Gasteiger partial charge >= 0.3 is 0 Å². The van der Waals surface area contributed by atoms with Crippen LogP contribution in [0.25, 0.3) is 0 Å². The van der Waals surface area contributed by atoms with Crippen LogP contribution in [0.1, 0.15) is 31.9 Å². The molecule has 16 heavy (non-hydrogen) atoms. The Hall–Kier alpha value is -1.03. The Morgan fingerprint density at radius 3 is 2.88 bits per heavy atom. The molecule has 2 unspecified atom stereocenters. The fourth-order valence-electron chi connectivity index (χ4n) is 1.63. The lowest BCUT2D eigenvalue weighted by Gasteiger charge is -2.21. The Kier molecular flexibility index (Phi) is 3.83. The summed E-state index contributed by atoms with van der Waals surface area (Å²) in [6.07, 6.45) is 4.83. The van der Waals surface area contributed by atoms with Gasteiger partial charge in [0.2, 0.25) is 0 Å². The minimum atomic E-state index is 0.291. The summed E-state index contributed by atoms with van der Waals surface area (Å²) in [4.78, 5) is 8.62. The highest BCUT2D eigenvalue weighted by Crippen LogP contribution is 2.19. The van der Waals surface area contributed by atoms with Gasteiger partial charge in [-0.15, -0.1) is 0 Å². The van der Waals surface area contributed by atoms with E-state index in [2.05, 4.69) is 29.1 Å². The monoisotopic (exact) mass is 235 g/mol. The van der Waals surface area contributed by atoms with Crippen molar-refractivity contribution >= 4 is 16.9 Å². The topological polar surface area (TPSA) is 37.3 Å². The van der Waals surface area contributed by atoms with Crippen LogP contribution in [0.5, 0.6) is 0 Å². The lowest BCUT2D eigenvalue weighted by molar-refractivity contribution is 0.682. The second kappa shape index (κ2) is 5.34. The van der Waals surface area contributed by atoms with Crippen LogP contribution in [0, 0.1) is 0 Å². The van der Waals surface area contributed by atoms with Crippen molar-refractivity contribution in [3.8, 4) is 0 Å². The van der Waals surface area contributed by atoms with Crippen molar-refractivity contribution in [1.82, 2.24) is 10.3 Å². The van der Waals surface area contributed by atoms with Crippen molar-refractivity contribution in [2.24, 2.45) is 4.99 Å². The standard InChI is InChI=1S/C12H17N3S/c1-9-5-8-16-12(14-9)15-10(2)11-3-6-13-7-4-11/h3-4,6-7,9-10H,5,8H2,1-2H3,(H,14,15). The van der Waals surface area contributed by atoms with Crippen molar-refractivity contribution in [1.29, 1.82) is 0 Å². The van der Waals surface area contributed by atoms with Crippen LogP contribution in [-0.2, 0) is 0 Å². The zero-order chi connectivity index (χ0) is 11.4.